The largest absolute Gasteiger partial charge is 0.416 e. The average Bonchev–Trinajstić information content (AvgIpc) is 3.55. The maximum atomic E-state index is 13.1. The van der Waals surface area contributed by atoms with Crippen LogP contribution in [0.2, 0.25) is 0 Å². The summed E-state index contributed by atoms with van der Waals surface area (Å²) >= 11 is 0. The molecule has 3 heterocycles. The standard InChI is InChI=1S/C26H26F3N7O2/c1-2-4-20(37)34-10-8-25(15-34)12-18(13-25)36-23(30)21(24(31)38)22(33-36)19-7-9-35(32-19)14-16-5-3-6-17(11-16)26(27,28)29/h3,5-7,9,11,18H,8,10,12-15,30H2,1H3,(H2,31,38). The van der Waals surface area contributed by atoms with E-state index in [1.54, 1.807) is 34.8 Å². The summed E-state index contributed by atoms with van der Waals surface area (Å²) in [6, 6.07) is 6.56. The van der Waals surface area contributed by atoms with Crippen molar-refractivity contribution >= 4 is 17.6 Å². The van der Waals surface area contributed by atoms with Gasteiger partial charge in [0.2, 0.25) is 0 Å². The third-order valence-electron chi connectivity index (χ3n) is 7.32. The predicted octanol–water partition coefficient (Wildman–Crippen LogP) is 3.07. The van der Waals surface area contributed by atoms with Gasteiger partial charge >= 0.3 is 6.18 Å². The minimum Gasteiger partial charge on any atom is -0.383 e. The van der Waals surface area contributed by atoms with Gasteiger partial charge in [0.15, 0.2) is 0 Å². The van der Waals surface area contributed by atoms with Crippen LogP contribution in [0.25, 0.3) is 11.4 Å². The molecule has 38 heavy (non-hydrogen) atoms. The summed E-state index contributed by atoms with van der Waals surface area (Å²) in [6.45, 7) is 2.99. The second-order valence-electron chi connectivity index (χ2n) is 9.93. The van der Waals surface area contributed by atoms with Crippen LogP contribution in [-0.2, 0) is 17.5 Å². The minimum atomic E-state index is -4.44. The van der Waals surface area contributed by atoms with Crippen molar-refractivity contribution in [3.05, 3.63) is 53.2 Å². The van der Waals surface area contributed by atoms with E-state index in [2.05, 4.69) is 22.0 Å². The summed E-state index contributed by atoms with van der Waals surface area (Å²) in [5.41, 5.74) is 12.2. The number of rotatable bonds is 5. The number of likely N-dealkylation sites (tertiary alicyclic amines) is 1. The molecule has 0 atom stereocenters. The van der Waals surface area contributed by atoms with E-state index in [1.165, 1.54) is 10.7 Å². The molecule has 2 amide bonds. The number of benzene rings is 1. The fourth-order valence-electron chi connectivity index (χ4n) is 5.50. The highest BCUT2D eigenvalue weighted by molar-refractivity contribution is 6.03. The van der Waals surface area contributed by atoms with Gasteiger partial charge in [0.05, 0.1) is 18.2 Å². The van der Waals surface area contributed by atoms with Gasteiger partial charge in [-0.25, -0.2) is 4.68 Å². The number of hydrogen-bond donors (Lipinski definition) is 2. The normalized spacial score (nSPS) is 20.7. The Bertz CT molecular complexity index is 1470. The van der Waals surface area contributed by atoms with Crippen molar-refractivity contribution in [3.63, 3.8) is 0 Å². The highest BCUT2D eigenvalue weighted by Gasteiger charge is 2.51. The van der Waals surface area contributed by atoms with Crippen LogP contribution >= 0.6 is 0 Å². The molecule has 12 heteroatoms. The summed E-state index contributed by atoms with van der Waals surface area (Å²) in [7, 11) is 0. The van der Waals surface area contributed by atoms with E-state index in [0.717, 1.165) is 31.4 Å². The molecule has 1 saturated carbocycles. The molecule has 1 saturated heterocycles. The smallest absolute Gasteiger partial charge is 0.383 e. The lowest BCUT2D eigenvalue weighted by molar-refractivity contribution is -0.137. The first-order valence-electron chi connectivity index (χ1n) is 12.1. The molecule has 198 valence electrons. The zero-order valence-electron chi connectivity index (χ0n) is 20.6. The quantitative estimate of drug-likeness (QED) is 0.496. The van der Waals surface area contributed by atoms with E-state index in [4.69, 9.17) is 11.5 Å². The summed E-state index contributed by atoms with van der Waals surface area (Å²) in [6.07, 6.45) is -0.510. The van der Waals surface area contributed by atoms with Crippen molar-refractivity contribution in [2.75, 3.05) is 18.8 Å². The first-order valence-corrected chi connectivity index (χ1v) is 12.1. The van der Waals surface area contributed by atoms with Gasteiger partial charge in [-0.3, -0.25) is 14.3 Å². The maximum Gasteiger partial charge on any atom is 0.416 e. The van der Waals surface area contributed by atoms with Crippen molar-refractivity contribution in [1.82, 2.24) is 24.5 Å². The minimum absolute atomic E-state index is 0.0340. The molecule has 1 spiro atoms. The molecule has 2 aromatic heterocycles. The number of amides is 2. The van der Waals surface area contributed by atoms with Crippen LogP contribution in [0.1, 0.15) is 53.7 Å². The average molecular weight is 526 g/mol. The first kappa shape index (κ1) is 25.4. The van der Waals surface area contributed by atoms with Gasteiger partial charge in [-0.15, -0.1) is 0 Å². The Kier molecular flexibility index (Phi) is 6.17. The number of anilines is 1. The molecule has 3 aromatic rings. The van der Waals surface area contributed by atoms with Crippen molar-refractivity contribution in [1.29, 1.82) is 0 Å². The predicted molar refractivity (Wildman–Crippen MR) is 132 cm³/mol. The highest BCUT2D eigenvalue weighted by atomic mass is 19.4. The summed E-state index contributed by atoms with van der Waals surface area (Å²) in [4.78, 5) is 26.2. The van der Waals surface area contributed by atoms with E-state index in [1.807, 2.05) is 0 Å². The van der Waals surface area contributed by atoms with Gasteiger partial charge in [0.1, 0.15) is 22.8 Å². The van der Waals surface area contributed by atoms with Crippen molar-refractivity contribution < 1.29 is 22.8 Å². The van der Waals surface area contributed by atoms with Gasteiger partial charge in [-0.05, 0) is 61.3 Å². The number of aromatic nitrogens is 4. The van der Waals surface area contributed by atoms with E-state index < -0.39 is 17.6 Å². The monoisotopic (exact) mass is 525 g/mol. The Morgan fingerprint density at radius 2 is 1.97 bits per heavy atom. The lowest BCUT2D eigenvalue weighted by Crippen LogP contribution is -2.42. The number of hydrogen-bond acceptors (Lipinski definition) is 5. The van der Waals surface area contributed by atoms with Crippen LogP contribution in [0.15, 0.2) is 36.5 Å². The van der Waals surface area contributed by atoms with Crippen molar-refractivity contribution in [3.8, 4) is 23.2 Å². The maximum absolute atomic E-state index is 13.1. The lowest BCUT2D eigenvalue weighted by Gasteiger charge is -2.45. The third-order valence-corrected chi connectivity index (χ3v) is 7.32. The van der Waals surface area contributed by atoms with E-state index >= 15 is 0 Å². The van der Waals surface area contributed by atoms with Gasteiger partial charge in [-0.2, -0.15) is 23.4 Å². The van der Waals surface area contributed by atoms with Crippen molar-refractivity contribution in [2.45, 2.75) is 44.9 Å². The van der Waals surface area contributed by atoms with Gasteiger partial charge in [0, 0.05) is 19.3 Å². The van der Waals surface area contributed by atoms with Crippen LogP contribution in [0.4, 0.5) is 19.0 Å². The fourth-order valence-corrected chi connectivity index (χ4v) is 5.50. The van der Waals surface area contributed by atoms with Crippen LogP contribution in [0, 0.1) is 17.3 Å². The number of nitrogen functional groups attached to an aromatic ring is 1. The van der Waals surface area contributed by atoms with E-state index in [9.17, 15) is 22.8 Å². The molecular formula is C26H26F3N7O2. The molecule has 5 rings (SSSR count). The van der Waals surface area contributed by atoms with Gasteiger partial charge in [0.25, 0.3) is 11.8 Å². The number of nitrogens with zero attached hydrogens (tertiary/aromatic N) is 5. The summed E-state index contributed by atoms with van der Waals surface area (Å²) < 4.78 is 42.3. The van der Waals surface area contributed by atoms with Crippen LogP contribution in [0.5, 0.6) is 0 Å². The Morgan fingerprint density at radius 1 is 1.21 bits per heavy atom. The molecule has 1 aliphatic carbocycles. The lowest BCUT2D eigenvalue weighted by atomic mass is 9.65. The van der Waals surface area contributed by atoms with Crippen LogP contribution < -0.4 is 11.5 Å². The van der Waals surface area contributed by atoms with E-state index in [-0.39, 0.29) is 41.0 Å². The molecule has 4 N–H and O–H groups in total. The SMILES string of the molecule is CC#CC(=O)N1CCC2(CC(n3nc(-c4ccn(Cc5cccc(C(F)(F)F)c5)n4)c(C(N)=O)c3N)C2)C1. The number of alkyl halides is 3. The van der Waals surface area contributed by atoms with E-state index in [0.29, 0.717) is 24.3 Å². The van der Waals surface area contributed by atoms with Crippen molar-refractivity contribution in [2.24, 2.45) is 11.1 Å². The molecule has 1 aliphatic heterocycles. The molecule has 1 aromatic carbocycles. The molecule has 0 unspecified atom stereocenters. The molecule has 2 fully saturated rings. The number of primary amides is 1. The second kappa shape index (κ2) is 9.24. The Labute approximate surface area is 216 Å². The molecular weight excluding hydrogens is 499 g/mol. The summed E-state index contributed by atoms with van der Waals surface area (Å²) in [5.74, 6) is 4.44. The van der Waals surface area contributed by atoms with Crippen LogP contribution in [0.3, 0.4) is 0 Å². The Morgan fingerprint density at radius 3 is 2.66 bits per heavy atom. The topological polar surface area (TPSA) is 125 Å². The number of carbonyl (C=O) groups excluding carboxylic acids is 2. The third kappa shape index (κ3) is 4.60. The highest BCUT2D eigenvalue weighted by Crippen LogP contribution is 2.54. The molecule has 0 bridgehead atoms. The number of carbonyl (C=O) groups is 2. The fraction of sp³-hybridized carbons (Fsp3) is 0.385. The molecule has 2 aliphatic rings. The van der Waals surface area contributed by atoms with Gasteiger partial charge in [-0.1, -0.05) is 18.1 Å². The number of halogens is 3. The molecule has 9 nitrogen and oxygen atoms in total. The zero-order chi connectivity index (χ0) is 27.2. The van der Waals surface area contributed by atoms with Gasteiger partial charge < -0.3 is 16.4 Å². The first-order chi connectivity index (χ1) is 18.0. The van der Waals surface area contributed by atoms with Crippen LogP contribution in [-0.4, -0.2) is 49.4 Å². The Hall–Kier alpha value is -4.27. The number of nitrogens with two attached hydrogens (primary N) is 2. The molecule has 0 radical (unpaired) electrons. The second-order valence-corrected chi connectivity index (χ2v) is 9.93. The zero-order valence-corrected chi connectivity index (χ0v) is 20.6. The summed E-state index contributed by atoms with van der Waals surface area (Å²) in [5, 5.41) is 9.02. The Balaban J connectivity index is 1.35.